The minimum Gasteiger partial charge on any atom is -0.479 e. The van der Waals surface area contributed by atoms with E-state index in [0.717, 1.165) is 6.42 Å². The number of carboxylic acids is 1. The molecule has 6 fully saturated rings. The third-order valence-electron chi connectivity index (χ3n) is 13.5. The van der Waals surface area contributed by atoms with E-state index in [9.17, 15) is 102 Å². The Morgan fingerprint density at radius 1 is 0.351 bits per heavy atom. The fourth-order valence-corrected chi connectivity index (χ4v) is 9.23. The summed E-state index contributed by atoms with van der Waals surface area (Å²) < 4.78 is 66.5. The molecular weight excluding hydrogens is 1020 g/mol. The number of ether oxygens (including phenoxy) is 12. The first-order valence-electron chi connectivity index (χ1n) is 23.8. The lowest BCUT2D eigenvalue weighted by molar-refractivity contribution is -0.393. The molecule has 33 heteroatoms. The second-order valence-electron chi connectivity index (χ2n) is 18.5. The predicted molar refractivity (Wildman–Crippen MR) is 226 cm³/mol. The highest BCUT2D eigenvalue weighted by Gasteiger charge is 2.58. The van der Waals surface area contributed by atoms with Gasteiger partial charge in [0.25, 0.3) is 0 Å². The molecule has 21 N–H and O–H groups in total. The van der Waals surface area contributed by atoms with Crippen LogP contribution in [0.4, 0.5) is 0 Å². The van der Waals surface area contributed by atoms with Crippen molar-refractivity contribution in [3.8, 4) is 0 Å². The topological polar surface area (TPSA) is 538 Å². The molecule has 12 unspecified atom stereocenters. The van der Waals surface area contributed by atoms with E-state index in [4.69, 9.17) is 62.6 Å². The van der Waals surface area contributed by atoms with Crippen molar-refractivity contribution in [3.05, 3.63) is 0 Å². The molecule has 6 saturated heterocycles. The molecule has 0 aromatic rings. The maximum Gasteiger partial charge on any atom is 0.335 e. The molecule has 0 amide bonds. The van der Waals surface area contributed by atoms with Crippen molar-refractivity contribution in [2.45, 2.75) is 203 Å². The zero-order chi connectivity index (χ0) is 54.5. The van der Waals surface area contributed by atoms with Crippen molar-refractivity contribution in [3.63, 3.8) is 0 Å². The molecule has 0 bridgehead atoms. The Morgan fingerprint density at radius 2 is 0.649 bits per heavy atom. The van der Waals surface area contributed by atoms with Gasteiger partial charge in [-0.15, -0.1) is 0 Å². The van der Waals surface area contributed by atoms with Crippen molar-refractivity contribution in [2.75, 3.05) is 46.2 Å². The van der Waals surface area contributed by atoms with Gasteiger partial charge in [-0.3, -0.25) is 0 Å². The van der Waals surface area contributed by atoms with Crippen molar-refractivity contribution in [2.24, 2.45) is 5.73 Å². The van der Waals surface area contributed by atoms with Gasteiger partial charge in [0.05, 0.1) is 33.0 Å². The smallest absolute Gasteiger partial charge is 0.335 e. The third kappa shape index (κ3) is 13.3. The Morgan fingerprint density at radius 3 is 1.00 bits per heavy atom. The molecule has 6 aliphatic rings. The maximum atomic E-state index is 12.5. The van der Waals surface area contributed by atoms with E-state index in [1.54, 1.807) is 0 Å². The normalized spacial score (nSPS) is 49.4. The molecule has 6 rings (SSSR count). The van der Waals surface area contributed by atoms with E-state index in [2.05, 4.69) is 0 Å². The zero-order valence-electron chi connectivity index (χ0n) is 39.3. The number of carbonyl (C=O) groups is 1. The Labute approximate surface area is 419 Å². The van der Waals surface area contributed by atoms with Crippen LogP contribution in [0.15, 0.2) is 0 Å². The van der Waals surface area contributed by atoms with Gasteiger partial charge in [-0.25, -0.2) is 4.79 Å². The first kappa shape index (κ1) is 61.4. The number of hydrogen-bond donors (Lipinski definition) is 20. The standard InChI is InChI=1S/C41H71NO32/c42-4-2-1-3-5-63-36-24(56)18(50)29(12(7-44)65-36)70-38-25(57)19(51)31(13(8-45)66-38)71-39-26(58)20(52)32(15(10-47)67-39)72-41-28(60)22(54)33(34(74-41)35(61)62)73-40-27(59)21(53)30(14(9-46)68-40)69-37-23(55)17(49)16(48)11(6-43)64-37/h11-34,36-41,43-60H,1-10,42H2,(H,61,62)/t11?,12?,13?,14?,15?,16-,17+,18-,19-,20?,21-,22?,23?,24?,25?,26+,27?,28+,29+,30+,31-,32-,33+,34?,36+,37-,38-,39+,40-,41-/m1/s1. The van der Waals surface area contributed by atoms with Crippen LogP contribution in [0.3, 0.4) is 0 Å². The number of rotatable bonds is 22. The predicted octanol–water partition coefficient (Wildman–Crippen LogP) is -12.9. The lowest BCUT2D eigenvalue weighted by Crippen LogP contribution is -2.68. The van der Waals surface area contributed by atoms with Gasteiger partial charge < -0.3 is 160 Å². The first-order valence-corrected chi connectivity index (χ1v) is 23.8. The SMILES string of the molecule is NCCCCCO[C@H]1OC(CO)[C@H](O[C@H]2OC(CO)[C@@H](O[C@@H]3OC(CO)[C@@H](O[C@@H]4OC(C(=O)O)[C@@H](O[C@H]5OC(CO)[C@H](O[C@H]6OC(CO)[C@@H](O)[C@H](O)C6O)[C@H](O)C5O)C(O)[C@@H]4O)C(O)[C@@H]3O)[C@H](O)C2O)[C@H](O)C1O. The average Bonchev–Trinajstić information content (AvgIpc) is 3.38. The van der Waals surface area contributed by atoms with Crippen molar-refractivity contribution >= 4 is 5.97 Å². The highest BCUT2D eigenvalue weighted by atomic mass is 16.8. The molecule has 30 atom stereocenters. The lowest BCUT2D eigenvalue weighted by atomic mass is 9.95. The summed E-state index contributed by atoms with van der Waals surface area (Å²) in [5.74, 6) is -1.91. The maximum absolute atomic E-state index is 12.5. The number of unbranched alkanes of at least 4 members (excludes halogenated alkanes) is 2. The summed E-state index contributed by atoms with van der Waals surface area (Å²) in [6.45, 7) is -4.19. The van der Waals surface area contributed by atoms with Gasteiger partial charge >= 0.3 is 5.97 Å². The molecule has 0 aromatic heterocycles. The minimum atomic E-state index is -2.36. The summed E-state index contributed by atoms with van der Waals surface area (Å²) in [5.41, 5.74) is 5.49. The van der Waals surface area contributed by atoms with Crippen LogP contribution in [-0.4, -0.2) is 333 Å². The van der Waals surface area contributed by atoms with E-state index < -0.39 is 223 Å². The molecule has 0 radical (unpaired) electrons. The number of aliphatic hydroxyl groups excluding tert-OH is 18. The van der Waals surface area contributed by atoms with Gasteiger partial charge in [0.15, 0.2) is 43.8 Å². The van der Waals surface area contributed by atoms with Gasteiger partial charge in [0.1, 0.15) is 140 Å². The number of carboxylic acid groups (broad SMARTS) is 1. The molecule has 0 aliphatic carbocycles. The quantitative estimate of drug-likeness (QED) is 0.0448. The van der Waals surface area contributed by atoms with Gasteiger partial charge in [-0.1, -0.05) is 0 Å². The fourth-order valence-electron chi connectivity index (χ4n) is 9.23. The summed E-state index contributed by atoms with van der Waals surface area (Å²) in [7, 11) is 0. The van der Waals surface area contributed by atoms with Gasteiger partial charge in [0.2, 0.25) is 0 Å². The van der Waals surface area contributed by atoms with E-state index in [0.29, 0.717) is 19.4 Å². The number of hydrogen-bond acceptors (Lipinski definition) is 32. The second-order valence-corrected chi connectivity index (χ2v) is 18.5. The van der Waals surface area contributed by atoms with Crippen LogP contribution in [0.1, 0.15) is 19.3 Å². The fraction of sp³-hybridized carbons (Fsp3) is 0.976. The molecular formula is C41H71NO32. The molecule has 6 heterocycles. The lowest BCUT2D eigenvalue weighted by Gasteiger charge is -2.49. The van der Waals surface area contributed by atoms with Gasteiger partial charge in [-0.2, -0.15) is 0 Å². The first-order chi connectivity index (χ1) is 35.2. The van der Waals surface area contributed by atoms with E-state index in [1.165, 1.54) is 0 Å². The highest BCUT2D eigenvalue weighted by molar-refractivity contribution is 5.73. The Kier molecular flexibility index (Phi) is 22.8. The van der Waals surface area contributed by atoms with Crippen LogP contribution in [0.2, 0.25) is 0 Å². The third-order valence-corrected chi connectivity index (χ3v) is 13.5. The van der Waals surface area contributed by atoms with Crippen molar-refractivity contribution in [1.29, 1.82) is 0 Å². The zero-order valence-corrected chi connectivity index (χ0v) is 39.3. The summed E-state index contributed by atoms with van der Waals surface area (Å²) in [6, 6.07) is 0. The molecule has 432 valence electrons. The summed E-state index contributed by atoms with van der Waals surface area (Å²) >= 11 is 0. The molecule has 33 nitrogen and oxygen atoms in total. The number of aliphatic hydroxyl groups is 18. The Balaban J connectivity index is 1.06. The van der Waals surface area contributed by atoms with Crippen LogP contribution < -0.4 is 5.73 Å². The number of aliphatic carboxylic acids is 1. The largest absolute Gasteiger partial charge is 0.479 e. The van der Waals surface area contributed by atoms with E-state index >= 15 is 0 Å². The van der Waals surface area contributed by atoms with Crippen molar-refractivity contribution < 1.29 is 159 Å². The Hall–Kier alpha value is -1.77. The monoisotopic (exact) mass is 1090 g/mol. The number of nitrogens with two attached hydrogens (primary N) is 1. The van der Waals surface area contributed by atoms with Gasteiger partial charge in [-0.05, 0) is 25.8 Å². The highest BCUT2D eigenvalue weighted by Crippen LogP contribution is 2.37. The molecule has 74 heavy (non-hydrogen) atoms. The molecule has 6 aliphatic heterocycles. The summed E-state index contributed by atoms with van der Waals surface area (Å²) in [6.07, 6.45) is -56.5. The molecule has 0 saturated carbocycles. The van der Waals surface area contributed by atoms with Crippen LogP contribution in [0.5, 0.6) is 0 Å². The van der Waals surface area contributed by atoms with Gasteiger partial charge in [0, 0.05) is 6.61 Å². The Bertz CT molecular complexity index is 1690. The molecule has 0 aromatic carbocycles. The van der Waals surface area contributed by atoms with E-state index in [1.807, 2.05) is 0 Å². The van der Waals surface area contributed by atoms with Crippen LogP contribution in [0, 0.1) is 0 Å². The van der Waals surface area contributed by atoms with Crippen LogP contribution in [0.25, 0.3) is 0 Å². The van der Waals surface area contributed by atoms with Crippen LogP contribution >= 0.6 is 0 Å². The van der Waals surface area contributed by atoms with E-state index in [-0.39, 0.29) is 6.61 Å². The average molecular weight is 1090 g/mol. The summed E-state index contributed by atoms with van der Waals surface area (Å²) in [5, 5.41) is 202. The molecule has 0 spiro atoms. The summed E-state index contributed by atoms with van der Waals surface area (Å²) in [4.78, 5) is 12.5. The minimum absolute atomic E-state index is 0.111. The van der Waals surface area contributed by atoms with Crippen LogP contribution in [-0.2, 0) is 61.6 Å². The van der Waals surface area contributed by atoms with Crippen molar-refractivity contribution in [1.82, 2.24) is 0 Å². The second kappa shape index (κ2) is 27.4.